The summed E-state index contributed by atoms with van der Waals surface area (Å²) < 4.78 is 1.16. The fraction of sp³-hybridized carbons (Fsp3) is 0.231. The van der Waals surface area contributed by atoms with E-state index < -0.39 is 5.69 Å². The minimum Gasteiger partial charge on any atom is -0.298 e. The Morgan fingerprint density at radius 2 is 1.89 bits per heavy atom. The van der Waals surface area contributed by atoms with E-state index in [2.05, 4.69) is 4.98 Å². The number of aromatic amines is 1. The molecule has 4 nitrogen and oxygen atoms in total. The maximum Gasteiger partial charge on any atom is 0.329 e. The van der Waals surface area contributed by atoms with Crippen molar-refractivity contribution in [3.63, 3.8) is 0 Å². The number of H-pyrrole nitrogens is 1. The molecule has 2 aromatic rings. The first-order valence-corrected chi connectivity index (χ1v) is 6.08. The molecule has 0 unspecified atom stereocenters. The molecule has 1 aromatic heterocycles. The number of hydrogen-bond donors (Lipinski definition) is 1. The maximum absolute atomic E-state index is 11.6. The van der Waals surface area contributed by atoms with E-state index in [1.54, 1.807) is 0 Å². The quantitative estimate of drug-likeness (QED) is 0.857. The number of rotatable bonds is 4. The van der Waals surface area contributed by atoms with Gasteiger partial charge in [0.05, 0.1) is 0 Å². The van der Waals surface area contributed by atoms with Gasteiger partial charge in [-0.15, -0.1) is 0 Å². The molecule has 0 bridgehead atoms. The van der Waals surface area contributed by atoms with E-state index in [4.69, 9.17) is 11.6 Å². The first kappa shape index (κ1) is 12.6. The number of aryl methyl sites for hydroxylation is 1. The highest BCUT2D eigenvalue weighted by molar-refractivity contribution is 6.29. The molecule has 1 aromatic carbocycles. The fourth-order valence-corrected chi connectivity index (χ4v) is 1.96. The van der Waals surface area contributed by atoms with Gasteiger partial charge in [-0.25, -0.2) is 4.79 Å². The van der Waals surface area contributed by atoms with E-state index >= 15 is 0 Å². The van der Waals surface area contributed by atoms with Gasteiger partial charge in [0.15, 0.2) is 0 Å². The highest BCUT2D eigenvalue weighted by atomic mass is 35.5. The van der Waals surface area contributed by atoms with Crippen molar-refractivity contribution in [2.75, 3.05) is 0 Å². The van der Waals surface area contributed by atoms with Crippen LogP contribution in [0.1, 0.15) is 12.0 Å². The summed E-state index contributed by atoms with van der Waals surface area (Å²) in [6, 6.07) is 11.2. The average Bonchev–Trinajstić information content (AvgIpc) is 2.34. The Morgan fingerprint density at radius 3 is 2.56 bits per heavy atom. The molecule has 18 heavy (non-hydrogen) atoms. The van der Waals surface area contributed by atoms with Crippen molar-refractivity contribution >= 4 is 11.6 Å². The molecule has 1 heterocycles. The third-order valence-corrected chi connectivity index (χ3v) is 2.88. The fourth-order valence-electron chi connectivity index (χ4n) is 1.79. The molecule has 1 N–H and O–H groups in total. The first-order chi connectivity index (χ1) is 8.66. The van der Waals surface area contributed by atoms with Crippen LogP contribution in [0.3, 0.4) is 0 Å². The third-order valence-electron chi connectivity index (χ3n) is 2.68. The lowest BCUT2D eigenvalue weighted by Crippen LogP contribution is -2.34. The number of halogens is 1. The maximum atomic E-state index is 11.6. The van der Waals surface area contributed by atoms with Crippen molar-refractivity contribution in [2.24, 2.45) is 0 Å². The van der Waals surface area contributed by atoms with Crippen LogP contribution >= 0.6 is 11.6 Å². The van der Waals surface area contributed by atoms with Crippen LogP contribution < -0.4 is 11.2 Å². The molecular formula is C13H13ClN2O2. The molecule has 0 fully saturated rings. The number of nitrogens with zero attached hydrogens (tertiary/aromatic N) is 1. The molecular weight excluding hydrogens is 252 g/mol. The molecule has 5 heteroatoms. The number of aromatic nitrogens is 2. The van der Waals surface area contributed by atoms with E-state index in [1.165, 1.54) is 11.6 Å². The number of benzene rings is 1. The second kappa shape index (κ2) is 5.69. The van der Waals surface area contributed by atoms with Crippen LogP contribution in [0.25, 0.3) is 0 Å². The van der Waals surface area contributed by atoms with E-state index in [0.717, 1.165) is 17.4 Å². The van der Waals surface area contributed by atoms with E-state index in [9.17, 15) is 9.59 Å². The number of hydrogen-bond acceptors (Lipinski definition) is 2. The summed E-state index contributed by atoms with van der Waals surface area (Å²) in [6.07, 6.45) is 1.56. The van der Waals surface area contributed by atoms with Crippen LogP contribution in [-0.2, 0) is 13.0 Å². The van der Waals surface area contributed by atoms with Crippen molar-refractivity contribution < 1.29 is 0 Å². The largest absolute Gasteiger partial charge is 0.329 e. The van der Waals surface area contributed by atoms with Crippen LogP contribution in [-0.4, -0.2) is 9.55 Å². The summed E-state index contributed by atoms with van der Waals surface area (Å²) in [4.78, 5) is 25.5. The second-order valence-corrected chi connectivity index (χ2v) is 4.41. The molecule has 0 aliphatic rings. The van der Waals surface area contributed by atoms with Crippen LogP contribution in [0.4, 0.5) is 0 Å². The summed E-state index contributed by atoms with van der Waals surface area (Å²) in [7, 11) is 0. The summed E-state index contributed by atoms with van der Waals surface area (Å²) in [6.45, 7) is 0.389. The van der Waals surface area contributed by atoms with Crippen molar-refractivity contribution in [1.82, 2.24) is 9.55 Å². The SMILES string of the molecule is O=c1cc(Cl)[nH]c(=O)n1CCCc1ccccc1. The van der Waals surface area contributed by atoms with Crippen LogP contribution in [0.5, 0.6) is 0 Å². The molecule has 94 valence electrons. The zero-order valence-corrected chi connectivity index (χ0v) is 10.5. The Kier molecular flexibility index (Phi) is 3.99. The van der Waals surface area contributed by atoms with Crippen LogP contribution in [0, 0.1) is 0 Å². The van der Waals surface area contributed by atoms with Gasteiger partial charge in [-0.1, -0.05) is 41.9 Å². The zero-order chi connectivity index (χ0) is 13.0. The monoisotopic (exact) mass is 264 g/mol. The molecule has 0 saturated carbocycles. The minimum atomic E-state index is -0.458. The van der Waals surface area contributed by atoms with Gasteiger partial charge in [-0.2, -0.15) is 0 Å². The van der Waals surface area contributed by atoms with Gasteiger partial charge in [-0.05, 0) is 18.4 Å². The van der Waals surface area contributed by atoms with Crippen molar-refractivity contribution in [3.8, 4) is 0 Å². The van der Waals surface area contributed by atoms with Gasteiger partial charge >= 0.3 is 5.69 Å². The summed E-state index contributed by atoms with van der Waals surface area (Å²) >= 11 is 5.58. The normalized spacial score (nSPS) is 10.5. The predicted molar refractivity (Wildman–Crippen MR) is 71.1 cm³/mol. The third kappa shape index (κ3) is 3.11. The highest BCUT2D eigenvalue weighted by Crippen LogP contribution is 2.02. The summed E-state index contributed by atoms with van der Waals surface area (Å²) in [5, 5.41) is 0.0734. The highest BCUT2D eigenvalue weighted by Gasteiger charge is 2.02. The van der Waals surface area contributed by atoms with Crippen molar-refractivity contribution in [1.29, 1.82) is 0 Å². The standard InChI is InChI=1S/C13H13ClN2O2/c14-11-9-12(17)16(13(18)15-11)8-4-7-10-5-2-1-3-6-10/h1-3,5-6,9H,4,7-8H2,(H,15,18). The lowest BCUT2D eigenvalue weighted by molar-refractivity contribution is 0.590. The van der Waals surface area contributed by atoms with E-state index in [0.29, 0.717) is 6.54 Å². The molecule has 0 atom stereocenters. The van der Waals surface area contributed by atoms with E-state index in [1.807, 2.05) is 30.3 Å². The molecule has 0 spiro atoms. The Morgan fingerprint density at radius 1 is 1.17 bits per heavy atom. The Balaban J connectivity index is 2.04. The number of nitrogens with one attached hydrogen (secondary N) is 1. The second-order valence-electron chi connectivity index (χ2n) is 4.00. The van der Waals surface area contributed by atoms with Crippen molar-refractivity contribution in [3.05, 3.63) is 68.0 Å². The summed E-state index contributed by atoms with van der Waals surface area (Å²) in [5.74, 6) is 0. The molecule has 2 rings (SSSR count). The topological polar surface area (TPSA) is 54.9 Å². The van der Waals surface area contributed by atoms with Crippen LogP contribution in [0.2, 0.25) is 5.15 Å². The Bertz CT molecular complexity index is 600. The van der Waals surface area contributed by atoms with Gasteiger partial charge in [0.25, 0.3) is 5.56 Å². The predicted octanol–water partition coefficient (Wildman–Crippen LogP) is 1.82. The van der Waals surface area contributed by atoms with Gasteiger partial charge in [0, 0.05) is 12.6 Å². The lowest BCUT2D eigenvalue weighted by Gasteiger charge is -2.04. The van der Waals surface area contributed by atoms with Gasteiger partial charge in [0.2, 0.25) is 0 Å². The smallest absolute Gasteiger partial charge is 0.298 e. The zero-order valence-electron chi connectivity index (χ0n) is 9.73. The first-order valence-electron chi connectivity index (χ1n) is 5.70. The molecule has 0 aliphatic heterocycles. The summed E-state index contributed by atoms with van der Waals surface area (Å²) in [5.41, 5.74) is 0.369. The molecule has 0 amide bonds. The van der Waals surface area contributed by atoms with Gasteiger partial charge in [-0.3, -0.25) is 14.3 Å². The molecule has 0 saturated heterocycles. The van der Waals surface area contributed by atoms with Gasteiger partial charge < -0.3 is 0 Å². The molecule has 0 radical (unpaired) electrons. The Hall–Kier alpha value is -1.81. The van der Waals surface area contributed by atoms with E-state index in [-0.39, 0.29) is 10.7 Å². The molecule has 0 aliphatic carbocycles. The minimum absolute atomic E-state index is 0.0734. The average molecular weight is 265 g/mol. The van der Waals surface area contributed by atoms with Crippen LogP contribution in [0.15, 0.2) is 46.0 Å². The van der Waals surface area contributed by atoms with Gasteiger partial charge in [0.1, 0.15) is 5.15 Å². The van der Waals surface area contributed by atoms with Crippen molar-refractivity contribution in [2.45, 2.75) is 19.4 Å². The lowest BCUT2D eigenvalue weighted by atomic mass is 10.1. The Labute approximate surface area is 109 Å².